The number of aryl methyl sites for hydroxylation is 1. The molecule has 0 heterocycles. The van der Waals surface area contributed by atoms with E-state index in [0.29, 0.717) is 0 Å². The van der Waals surface area contributed by atoms with Crippen LogP contribution in [0, 0.1) is 23.7 Å². The minimum atomic E-state index is -0.133. The van der Waals surface area contributed by atoms with Crippen LogP contribution in [0.1, 0.15) is 24.8 Å². The van der Waals surface area contributed by atoms with Gasteiger partial charge in [0.2, 0.25) is 0 Å². The summed E-state index contributed by atoms with van der Waals surface area (Å²) in [6.07, 6.45) is 3.21. The van der Waals surface area contributed by atoms with E-state index < -0.39 is 0 Å². The van der Waals surface area contributed by atoms with Crippen LogP contribution in [-0.4, -0.2) is 6.54 Å². The van der Waals surface area contributed by atoms with E-state index in [1.54, 1.807) is 0 Å². The fraction of sp³-hybridized carbons (Fsp3) is 0.462. The summed E-state index contributed by atoms with van der Waals surface area (Å²) in [6.45, 7) is 2.76. The van der Waals surface area contributed by atoms with Crippen LogP contribution in [0.15, 0.2) is 18.2 Å². The fourth-order valence-corrected chi connectivity index (χ4v) is 2.25. The SMILES string of the molecule is Cc1cc(Cl)ccc1NCC1(C#N)CCC1. The molecule has 2 rings (SSSR count). The molecule has 1 fully saturated rings. The van der Waals surface area contributed by atoms with Crippen molar-refractivity contribution in [2.75, 3.05) is 11.9 Å². The van der Waals surface area contributed by atoms with Crippen LogP contribution < -0.4 is 5.32 Å². The lowest BCUT2D eigenvalue weighted by Crippen LogP contribution is -2.35. The zero-order valence-electron chi connectivity index (χ0n) is 9.39. The molecule has 1 aliphatic rings. The number of hydrogen-bond donors (Lipinski definition) is 1. The zero-order chi connectivity index (χ0) is 11.6. The van der Waals surface area contributed by atoms with E-state index >= 15 is 0 Å². The number of nitrogens with zero attached hydrogens (tertiary/aromatic N) is 1. The molecule has 84 valence electrons. The molecule has 0 spiro atoms. The molecule has 0 saturated heterocycles. The van der Waals surface area contributed by atoms with Crippen molar-refractivity contribution in [1.82, 2.24) is 0 Å². The third-order valence-electron chi connectivity index (χ3n) is 3.35. The summed E-state index contributed by atoms with van der Waals surface area (Å²) in [6, 6.07) is 8.21. The van der Waals surface area contributed by atoms with E-state index in [1.807, 2.05) is 25.1 Å². The Hall–Kier alpha value is -1.20. The van der Waals surface area contributed by atoms with E-state index in [2.05, 4.69) is 11.4 Å². The van der Waals surface area contributed by atoms with Gasteiger partial charge < -0.3 is 5.32 Å². The maximum atomic E-state index is 9.12. The van der Waals surface area contributed by atoms with Gasteiger partial charge in [0.15, 0.2) is 0 Å². The molecule has 0 amide bonds. The second-order valence-electron chi connectivity index (χ2n) is 4.56. The van der Waals surface area contributed by atoms with Gasteiger partial charge in [-0.1, -0.05) is 18.0 Å². The quantitative estimate of drug-likeness (QED) is 0.865. The van der Waals surface area contributed by atoms with Crippen LogP contribution in [0.5, 0.6) is 0 Å². The molecule has 0 radical (unpaired) electrons. The first-order valence-electron chi connectivity index (χ1n) is 5.56. The van der Waals surface area contributed by atoms with E-state index in [1.165, 1.54) is 6.42 Å². The summed E-state index contributed by atoms with van der Waals surface area (Å²) >= 11 is 5.89. The lowest BCUT2D eigenvalue weighted by Gasteiger charge is -2.35. The van der Waals surface area contributed by atoms with Gasteiger partial charge in [0.25, 0.3) is 0 Å². The Labute approximate surface area is 101 Å². The van der Waals surface area contributed by atoms with Crippen LogP contribution in [0.25, 0.3) is 0 Å². The number of nitrogens with one attached hydrogen (secondary N) is 1. The zero-order valence-corrected chi connectivity index (χ0v) is 10.1. The van der Waals surface area contributed by atoms with Crippen molar-refractivity contribution < 1.29 is 0 Å². The minimum Gasteiger partial charge on any atom is -0.383 e. The Morgan fingerprint density at radius 2 is 2.25 bits per heavy atom. The first kappa shape index (κ1) is 11.3. The molecule has 1 aliphatic carbocycles. The highest BCUT2D eigenvalue weighted by Gasteiger charge is 2.36. The Kier molecular flexibility index (Phi) is 3.07. The predicted molar refractivity (Wildman–Crippen MR) is 66.6 cm³/mol. The van der Waals surface area contributed by atoms with Gasteiger partial charge in [0.05, 0.1) is 11.5 Å². The van der Waals surface area contributed by atoms with Crippen molar-refractivity contribution >= 4 is 17.3 Å². The van der Waals surface area contributed by atoms with Crippen LogP contribution >= 0.6 is 11.6 Å². The van der Waals surface area contributed by atoms with E-state index in [9.17, 15) is 0 Å². The van der Waals surface area contributed by atoms with Gasteiger partial charge in [0.1, 0.15) is 0 Å². The van der Waals surface area contributed by atoms with Gasteiger partial charge in [-0.15, -0.1) is 0 Å². The van der Waals surface area contributed by atoms with Crippen molar-refractivity contribution in [2.24, 2.45) is 5.41 Å². The molecule has 3 heteroatoms. The second-order valence-corrected chi connectivity index (χ2v) is 4.99. The molecular formula is C13H15ClN2. The largest absolute Gasteiger partial charge is 0.383 e. The van der Waals surface area contributed by atoms with Gasteiger partial charge in [-0.05, 0) is 43.5 Å². The number of rotatable bonds is 3. The van der Waals surface area contributed by atoms with Crippen LogP contribution in [-0.2, 0) is 0 Å². The minimum absolute atomic E-state index is 0.133. The summed E-state index contributed by atoms with van der Waals surface area (Å²) in [5, 5.41) is 13.2. The Bertz CT molecular complexity index is 430. The van der Waals surface area contributed by atoms with Gasteiger partial charge >= 0.3 is 0 Å². The Balaban J connectivity index is 2.02. The molecule has 1 aromatic rings. The maximum absolute atomic E-state index is 9.12. The lowest BCUT2D eigenvalue weighted by atomic mass is 9.70. The average molecular weight is 235 g/mol. The molecule has 0 aromatic heterocycles. The number of hydrogen-bond acceptors (Lipinski definition) is 2. The second kappa shape index (κ2) is 4.35. The van der Waals surface area contributed by atoms with Crippen molar-refractivity contribution in [1.29, 1.82) is 5.26 Å². The van der Waals surface area contributed by atoms with Crippen LogP contribution in [0.2, 0.25) is 5.02 Å². The highest BCUT2D eigenvalue weighted by Crippen LogP contribution is 2.40. The van der Waals surface area contributed by atoms with Crippen LogP contribution in [0.4, 0.5) is 5.69 Å². The standard InChI is InChI=1S/C13H15ClN2/c1-10-7-11(14)3-4-12(10)16-9-13(8-15)5-2-6-13/h3-4,7,16H,2,5-6,9H2,1H3. The van der Waals surface area contributed by atoms with Crippen molar-refractivity contribution in [3.05, 3.63) is 28.8 Å². The van der Waals surface area contributed by atoms with E-state index in [0.717, 1.165) is 35.7 Å². The van der Waals surface area contributed by atoms with Gasteiger partial charge in [-0.3, -0.25) is 0 Å². The third-order valence-corrected chi connectivity index (χ3v) is 3.59. The summed E-state index contributed by atoms with van der Waals surface area (Å²) < 4.78 is 0. The van der Waals surface area contributed by atoms with Gasteiger partial charge in [-0.2, -0.15) is 5.26 Å². The normalized spacial score (nSPS) is 17.3. The van der Waals surface area contributed by atoms with Crippen molar-refractivity contribution in [3.8, 4) is 6.07 Å². The number of benzene rings is 1. The lowest BCUT2D eigenvalue weighted by molar-refractivity contribution is 0.233. The highest BCUT2D eigenvalue weighted by atomic mass is 35.5. The average Bonchev–Trinajstić information content (AvgIpc) is 2.19. The van der Waals surface area contributed by atoms with Crippen LogP contribution in [0.3, 0.4) is 0 Å². The Morgan fingerprint density at radius 1 is 1.50 bits per heavy atom. The molecular weight excluding hydrogens is 220 g/mol. The fourth-order valence-electron chi connectivity index (χ4n) is 2.02. The predicted octanol–water partition coefficient (Wildman–Crippen LogP) is 3.75. The summed E-state index contributed by atoms with van der Waals surface area (Å²) in [5.41, 5.74) is 2.07. The third kappa shape index (κ3) is 2.15. The molecule has 0 atom stereocenters. The Morgan fingerprint density at radius 3 is 2.75 bits per heavy atom. The van der Waals surface area contributed by atoms with E-state index in [-0.39, 0.29) is 5.41 Å². The first-order valence-corrected chi connectivity index (χ1v) is 5.94. The summed E-state index contributed by atoms with van der Waals surface area (Å²) in [5.74, 6) is 0. The molecule has 1 saturated carbocycles. The number of halogens is 1. The summed E-state index contributed by atoms with van der Waals surface area (Å²) in [7, 11) is 0. The number of anilines is 1. The smallest absolute Gasteiger partial charge is 0.0746 e. The molecule has 1 N–H and O–H groups in total. The molecule has 0 unspecified atom stereocenters. The van der Waals surface area contributed by atoms with Gasteiger partial charge in [-0.25, -0.2) is 0 Å². The monoisotopic (exact) mass is 234 g/mol. The van der Waals surface area contributed by atoms with Gasteiger partial charge in [0, 0.05) is 17.3 Å². The van der Waals surface area contributed by atoms with Crippen molar-refractivity contribution in [3.63, 3.8) is 0 Å². The maximum Gasteiger partial charge on any atom is 0.0746 e. The topological polar surface area (TPSA) is 35.8 Å². The molecule has 0 bridgehead atoms. The molecule has 1 aromatic carbocycles. The first-order chi connectivity index (χ1) is 7.65. The molecule has 16 heavy (non-hydrogen) atoms. The number of nitriles is 1. The highest BCUT2D eigenvalue weighted by molar-refractivity contribution is 6.30. The van der Waals surface area contributed by atoms with Crippen molar-refractivity contribution in [2.45, 2.75) is 26.2 Å². The molecule has 0 aliphatic heterocycles. The van der Waals surface area contributed by atoms with E-state index in [4.69, 9.17) is 16.9 Å². The summed E-state index contributed by atoms with van der Waals surface area (Å²) in [4.78, 5) is 0. The molecule has 2 nitrogen and oxygen atoms in total.